The number of hydrogen-bond donors (Lipinski definition) is 4. The van der Waals surface area contributed by atoms with Crippen molar-refractivity contribution in [3.63, 3.8) is 0 Å². The second kappa shape index (κ2) is 10.8. The van der Waals surface area contributed by atoms with Crippen LogP contribution in [0, 0.1) is 0 Å². The summed E-state index contributed by atoms with van der Waals surface area (Å²) in [6.07, 6.45) is -1.74. The summed E-state index contributed by atoms with van der Waals surface area (Å²) in [6.45, 7) is 0.128. The first-order valence-corrected chi connectivity index (χ1v) is 12.2. The minimum Gasteiger partial charge on any atom is -0.481 e. The molecule has 0 saturated carbocycles. The Morgan fingerprint density at radius 1 is 1.31 bits per heavy atom. The zero-order chi connectivity index (χ0) is 25.8. The number of fused-ring (bicyclic) bond motifs is 1. The Bertz CT molecular complexity index is 1210. The SMILES string of the molecule is O=COC(C(=O)NC1C(=O)N2C(C(=O)O)=C(C(CC(=O)O)Sc3nn[nH]n3)CS[C@@H]12)c1ccccc1. The van der Waals surface area contributed by atoms with E-state index in [9.17, 15) is 34.2 Å². The van der Waals surface area contributed by atoms with Gasteiger partial charge in [-0.25, -0.2) is 4.79 Å². The van der Waals surface area contributed by atoms with Crippen LogP contribution in [0.4, 0.5) is 0 Å². The number of aliphatic carboxylic acids is 2. The molecule has 14 nitrogen and oxygen atoms in total. The summed E-state index contributed by atoms with van der Waals surface area (Å²) in [5, 5.41) is 33.5. The van der Waals surface area contributed by atoms with Crippen molar-refractivity contribution in [1.82, 2.24) is 30.8 Å². The number of benzene rings is 1. The van der Waals surface area contributed by atoms with Crippen LogP contribution in [0.3, 0.4) is 0 Å². The van der Waals surface area contributed by atoms with Crippen molar-refractivity contribution in [2.45, 2.75) is 34.3 Å². The minimum atomic E-state index is -1.41. The minimum absolute atomic E-state index is 0.0815. The summed E-state index contributed by atoms with van der Waals surface area (Å²) < 4.78 is 4.92. The Balaban J connectivity index is 1.56. The van der Waals surface area contributed by atoms with Gasteiger partial charge in [0.15, 0.2) is 0 Å². The lowest BCUT2D eigenvalue weighted by Gasteiger charge is -2.50. The maximum atomic E-state index is 13.0. The second-order valence-corrected chi connectivity index (χ2v) is 9.77. The van der Waals surface area contributed by atoms with E-state index in [1.807, 2.05) is 0 Å². The van der Waals surface area contributed by atoms with Gasteiger partial charge in [-0.15, -0.1) is 22.0 Å². The first-order chi connectivity index (χ1) is 17.3. The summed E-state index contributed by atoms with van der Waals surface area (Å²) in [6, 6.07) is 7.13. The third kappa shape index (κ3) is 5.03. The first-order valence-electron chi connectivity index (χ1n) is 10.3. The molecule has 0 bridgehead atoms. The van der Waals surface area contributed by atoms with E-state index in [0.717, 1.165) is 16.7 Å². The van der Waals surface area contributed by atoms with Gasteiger partial charge >= 0.3 is 11.9 Å². The maximum absolute atomic E-state index is 13.0. The number of carbonyl (C=O) groups excluding carboxylic acids is 3. The fraction of sp³-hybridized carbons (Fsp3) is 0.300. The van der Waals surface area contributed by atoms with Crippen molar-refractivity contribution in [2.75, 3.05) is 5.75 Å². The van der Waals surface area contributed by atoms with Gasteiger partial charge in [-0.05, 0) is 10.8 Å². The highest BCUT2D eigenvalue weighted by Crippen LogP contribution is 2.44. The molecular formula is C20H18N6O8S2. The molecule has 4 rings (SSSR count). The lowest BCUT2D eigenvalue weighted by molar-refractivity contribution is -0.154. The summed E-state index contributed by atoms with van der Waals surface area (Å²) in [4.78, 5) is 61.5. The highest BCUT2D eigenvalue weighted by atomic mass is 32.2. The number of rotatable bonds is 11. The van der Waals surface area contributed by atoms with Gasteiger partial charge in [0, 0.05) is 16.6 Å². The number of nitrogens with zero attached hydrogens (tertiary/aromatic N) is 4. The van der Waals surface area contributed by atoms with E-state index in [-0.39, 0.29) is 28.7 Å². The fourth-order valence-corrected chi connectivity index (χ4v) is 6.35. The molecule has 0 radical (unpaired) electrons. The van der Waals surface area contributed by atoms with Gasteiger partial charge < -0.3 is 20.3 Å². The summed E-state index contributed by atoms with van der Waals surface area (Å²) in [5.41, 5.74) is 0.260. The van der Waals surface area contributed by atoms with E-state index < -0.39 is 52.9 Å². The average molecular weight is 535 g/mol. The van der Waals surface area contributed by atoms with Crippen LogP contribution in [0.5, 0.6) is 0 Å². The van der Waals surface area contributed by atoms with Gasteiger partial charge in [-0.1, -0.05) is 42.1 Å². The van der Waals surface area contributed by atoms with Crippen LogP contribution in [0.15, 0.2) is 46.8 Å². The lowest BCUT2D eigenvalue weighted by atomic mass is 9.99. The Morgan fingerprint density at radius 3 is 2.67 bits per heavy atom. The molecule has 1 fully saturated rings. The van der Waals surface area contributed by atoms with Crippen molar-refractivity contribution < 1.29 is 38.9 Å². The summed E-state index contributed by atoms with van der Waals surface area (Å²) in [5.74, 6) is -3.94. The molecule has 2 amide bonds. The first kappa shape index (κ1) is 25.2. The molecule has 0 aliphatic carbocycles. The third-order valence-corrected chi connectivity index (χ3v) is 7.77. The van der Waals surface area contributed by atoms with E-state index in [1.54, 1.807) is 30.3 Å². The number of tetrazole rings is 1. The van der Waals surface area contributed by atoms with Crippen LogP contribution in [-0.4, -0.2) is 88.4 Å². The number of amides is 2. The molecule has 2 aliphatic heterocycles. The molecule has 1 aromatic carbocycles. The molecule has 36 heavy (non-hydrogen) atoms. The van der Waals surface area contributed by atoms with Gasteiger partial charge in [-0.2, -0.15) is 5.21 Å². The molecular weight excluding hydrogens is 516 g/mol. The average Bonchev–Trinajstić information content (AvgIpc) is 3.37. The molecule has 3 heterocycles. The molecule has 1 aromatic heterocycles. The lowest BCUT2D eigenvalue weighted by Crippen LogP contribution is -2.71. The largest absolute Gasteiger partial charge is 0.481 e. The van der Waals surface area contributed by atoms with Crippen LogP contribution >= 0.6 is 23.5 Å². The third-order valence-electron chi connectivity index (χ3n) is 5.35. The van der Waals surface area contributed by atoms with Crippen LogP contribution < -0.4 is 5.32 Å². The number of nitrogens with one attached hydrogen (secondary N) is 2. The number of β-lactam (4-membered cyclic amide) rings is 1. The number of aromatic nitrogens is 4. The number of thioether (sulfide) groups is 2. The van der Waals surface area contributed by atoms with E-state index in [1.165, 1.54) is 11.8 Å². The number of carboxylic acid groups (broad SMARTS) is 2. The van der Waals surface area contributed by atoms with Crippen molar-refractivity contribution >= 4 is 53.7 Å². The Hall–Kier alpha value is -3.92. The topological polar surface area (TPSA) is 205 Å². The summed E-state index contributed by atoms with van der Waals surface area (Å²) >= 11 is 2.08. The normalized spacial score (nSPS) is 20.6. The number of H-pyrrole nitrogens is 1. The van der Waals surface area contributed by atoms with Crippen LogP contribution in [-0.2, 0) is 28.7 Å². The van der Waals surface area contributed by atoms with E-state index in [0.29, 0.717) is 5.56 Å². The van der Waals surface area contributed by atoms with Crippen LogP contribution in [0.1, 0.15) is 18.1 Å². The standard InChI is InChI=1S/C20H18N6O8S2/c27-8-34-15(9-4-2-1-3-5-9)16(30)21-13-17(31)26-14(19(32)33)10(7-35-18(13)26)11(6-12(28)29)36-20-22-24-25-23-20/h1-5,8,11,13,15,18H,6-7H2,(H,21,30)(H,28,29)(H,32,33)(H,22,23,24,25)/t11?,13?,15?,18-/m0/s1. The maximum Gasteiger partial charge on any atom is 0.352 e. The highest BCUT2D eigenvalue weighted by Gasteiger charge is 2.55. The zero-order valence-corrected chi connectivity index (χ0v) is 19.8. The second-order valence-electron chi connectivity index (χ2n) is 7.50. The van der Waals surface area contributed by atoms with E-state index in [4.69, 9.17) is 4.74 Å². The molecule has 0 spiro atoms. The van der Waals surface area contributed by atoms with Crippen molar-refractivity contribution in [2.24, 2.45) is 0 Å². The Morgan fingerprint density at radius 2 is 2.06 bits per heavy atom. The van der Waals surface area contributed by atoms with Gasteiger partial charge in [0.25, 0.3) is 18.3 Å². The van der Waals surface area contributed by atoms with Crippen molar-refractivity contribution in [1.29, 1.82) is 0 Å². The molecule has 4 N–H and O–H groups in total. The van der Waals surface area contributed by atoms with Crippen molar-refractivity contribution in [3.05, 3.63) is 47.2 Å². The summed E-state index contributed by atoms with van der Waals surface area (Å²) in [7, 11) is 0. The van der Waals surface area contributed by atoms with E-state index >= 15 is 0 Å². The number of aromatic amines is 1. The van der Waals surface area contributed by atoms with Crippen LogP contribution in [0.2, 0.25) is 0 Å². The highest BCUT2D eigenvalue weighted by molar-refractivity contribution is 8.01. The molecule has 188 valence electrons. The van der Waals surface area contributed by atoms with Gasteiger partial charge in [0.05, 0.1) is 6.42 Å². The molecule has 4 atom stereocenters. The molecule has 2 aromatic rings. The fourth-order valence-electron chi connectivity index (χ4n) is 3.82. The van der Waals surface area contributed by atoms with Gasteiger partial charge in [-0.3, -0.25) is 24.1 Å². The quantitative estimate of drug-likeness (QED) is 0.167. The van der Waals surface area contributed by atoms with Crippen LogP contribution in [0.25, 0.3) is 0 Å². The number of carboxylic acids is 2. The monoisotopic (exact) mass is 534 g/mol. The van der Waals surface area contributed by atoms with Crippen molar-refractivity contribution in [3.8, 4) is 0 Å². The Kier molecular flexibility index (Phi) is 7.54. The molecule has 3 unspecified atom stereocenters. The molecule has 1 saturated heterocycles. The Labute approximate surface area is 210 Å². The number of hydrogen-bond acceptors (Lipinski definition) is 11. The molecule has 16 heteroatoms. The van der Waals surface area contributed by atoms with Gasteiger partial charge in [0.2, 0.25) is 11.3 Å². The van der Waals surface area contributed by atoms with E-state index in [2.05, 4.69) is 25.9 Å². The van der Waals surface area contributed by atoms with Gasteiger partial charge in [0.1, 0.15) is 17.1 Å². The number of carbonyl (C=O) groups is 5. The predicted molar refractivity (Wildman–Crippen MR) is 122 cm³/mol. The number of ether oxygens (including phenoxy) is 1. The molecule has 2 aliphatic rings. The predicted octanol–water partition coefficient (Wildman–Crippen LogP) is -0.212. The zero-order valence-electron chi connectivity index (χ0n) is 18.1. The smallest absolute Gasteiger partial charge is 0.352 e.